The molecule has 0 aromatic heterocycles. The molecule has 0 bridgehead atoms. The Bertz CT molecular complexity index is 499. The zero-order valence-corrected chi connectivity index (χ0v) is 15.0. The van der Waals surface area contributed by atoms with Crippen molar-refractivity contribution in [1.82, 2.24) is 5.32 Å². The molecule has 1 aromatic carbocycles. The minimum atomic E-state index is -0.0561. The highest BCUT2D eigenvalue weighted by Crippen LogP contribution is 2.16. The van der Waals surface area contributed by atoms with Gasteiger partial charge in [0.05, 0.1) is 19.8 Å². The topological polar surface area (TPSA) is 55.2 Å². The van der Waals surface area contributed by atoms with Crippen LogP contribution in [0.15, 0.2) is 24.3 Å². The van der Waals surface area contributed by atoms with E-state index in [0.29, 0.717) is 13.2 Å². The molecule has 6 nitrogen and oxygen atoms in total. The summed E-state index contributed by atoms with van der Waals surface area (Å²) in [5, 5.41) is 3.01. The fourth-order valence-corrected chi connectivity index (χ4v) is 2.95. The molecule has 134 valence electrons. The fraction of sp³-hybridized carbons (Fsp3) is 0.611. The second kappa shape index (κ2) is 9.61. The Morgan fingerprint density at radius 2 is 1.96 bits per heavy atom. The largest absolute Gasteiger partial charge is 0.378 e. The first kappa shape index (κ1) is 18.7. The molecule has 1 atom stereocenters. The Kier molecular flexibility index (Phi) is 7.49. The molecule has 1 heterocycles. The van der Waals surface area contributed by atoms with Crippen molar-refractivity contribution in [3.63, 3.8) is 0 Å². The maximum Gasteiger partial charge on any atom is 0.246 e. The van der Waals surface area contributed by atoms with Gasteiger partial charge in [-0.1, -0.05) is 12.1 Å². The zero-order valence-electron chi connectivity index (χ0n) is 15.0. The van der Waals surface area contributed by atoms with Crippen LogP contribution in [-0.4, -0.2) is 66.1 Å². The second-order valence-electron chi connectivity index (χ2n) is 6.25. The van der Waals surface area contributed by atoms with Crippen LogP contribution in [0.25, 0.3) is 0 Å². The van der Waals surface area contributed by atoms with E-state index < -0.39 is 0 Å². The van der Waals surface area contributed by atoms with Crippen LogP contribution >= 0.6 is 0 Å². The molecule has 1 amide bonds. The van der Waals surface area contributed by atoms with Crippen LogP contribution in [0.3, 0.4) is 0 Å². The third kappa shape index (κ3) is 5.47. The molecule has 6 heteroatoms. The van der Waals surface area contributed by atoms with Crippen LogP contribution < -0.4 is 15.1 Å². The van der Waals surface area contributed by atoms with E-state index in [2.05, 4.69) is 34.5 Å². The molecule has 0 aliphatic carbocycles. The lowest BCUT2D eigenvalue weighted by Crippen LogP contribution is -3.15. The lowest BCUT2D eigenvalue weighted by atomic mass is 10.0. The molecule has 2 N–H and O–H groups in total. The van der Waals surface area contributed by atoms with Gasteiger partial charge in [-0.15, -0.1) is 0 Å². The number of hydrogen-bond donors (Lipinski definition) is 2. The van der Waals surface area contributed by atoms with E-state index in [1.165, 1.54) is 16.2 Å². The minimum absolute atomic E-state index is 0.0561. The Morgan fingerprint density at radius 3 is 2.54 bits per heavy atom. The number of amides is 1. The van der Waals surface area contributed by atoms with Gasteiger partial charge in [0.1, 0.15) is 25.7 Å². The maximum atomic E-state index is 11.9. The standard InChI is InChI=1S/C18H29N3O3/c1-4-23-14-18(22)19-13-17(21-9-11-24-12-10-21)15-5-7-16(8-6-15)20(2)3/h5-8,17H,4,9-14H2,1-3H3,(H,19,22)/p+1/t17-/m1/s1. The fourth-order valence-electron chi connectivity index (χ4n) is 2.95. The van der Waals surface area contributed by atoms with Crippen LogP contribution in [0.4, 0.5) is 5.69 Å². The van der Waals surface area contributed by atoms with Crippen LogP contribution in [0.1, 0.15) is 18.5 Å². The SMILES string of the molecule is CCOCC(=O)NC[C@H](c1ccc(N(C)C)cc1)[NH+]1CCOCC1. The van der Waals surface area contributed by atoms with Crippen molar-refractivity contribution < 1.29 is 19.2 Å². The first-order chi connectivity index (χ1) is 11.6. The van der Waals surface area contributed by atoms with Gasteiger partial charge in [0.25, 0.3) is 0 Å². The van der Waals surface area contributed by atoms with Gasteiger partial charge in [0.15, 0.2) is 0 Å². The summed E-state index contributed by atoms with van der Waals surface area (Å²) in [6, 6.07) is 8.82. The number of quaternary nitrogens is 1. The molecule has 1 saturated heterocycles. The van der Waals surface area contributed by atoms with Gasteiger partial charge < -0.3 is 24.6 Å². The van der Waals surface area contributed by atoms with Crippen LogP contribution in [0, 0.1) is 0 Å². The van der Waals surface area contributed by atoms with Crippen molar-refractivity contribution in [1.29, 1.82) is 0 Å². The van der Waals surface area contributed by atoms with Gasteiger partial charge >= 0.3 is 0 Å². The number of nitrogens with zero attached hydrogens (tertiary/aromatic N) is 1. The highest BCUT2D eigenvalue weighted by Gasteiger charge is 2.26. The Labute approximate surface area is 144 Å². The third-order valence-corrected chi connectivity index (χ3v) is 4.38. The summed E-state index contributed by atoms with van der Waals surface area (Å²) in [5.74, 6) is -0.0561. The first-order valence-corrected chi connectivity index (χ1v) is 8.66. The predicted molar refractivity (Wildman–Crippen MR) is 94.5 cm³/mol. The van der Waals surface area contributed by atoms with Crippen molar-refractivity contribution in [3.8, 4) is 0 Å². The summed E-state index contributed by atoms with van der Waals surface area (Å²) in [6.45, 7) is 6.65. The van der Waals surface area contributed by atoms with Gasteiger partial charge in [0, 0.05) is 32.0 Å². The van der Waals surface area contributed by atoms with Gasteiger partial charge in [-0.3, -0.25) is 4.79 Å². The molecule has 0 saturated carbocycles. The monoisotopic (exact) mass is 336 g/mol. The van der Waals surface area contributed by atoms with Gasteiger partial charge in [0.2, 0.25) is 5.91 Å². The molecular formula is C18H30N3O3+. The molecule has 0 unspecified atom stereocenters. The average Bonchev–Trinajstić information content (AvgIpc) is 2.61. The first-order valence-electron chi connectivity index (χ1n) is 8.66. The van der Waals surface area contributed by atoms with E-state index in [1.54, 1.807) is 0 Å². The number of nitrogens with one attached hydrogen (secondary N) is 2. The maximum absolute atomic E-state index is 11.9. The van der Waals surface area contributed by atoms with Crippen LogP contribution in [0.2, 0.25) is 0 Å². The van der Waals surface area contributed by atoms with Gasteiger partial charge in [-0.05, 0) is 19.1 Å². The summed E-state index contributed by atoms with van der Waals surface area (Å²) in [4.78, 5) is 15.4. The summed E-state index contributed by atoms with van der Waals surface area (Å²) >= 11 is 0. The molecule has 0 radical (unpaired) electrons. The summed E-state index contributed by atoms with van der Waals surface area (Å²) in [7, 11) is 4.07. The molecule has 2 rings (SSSR count). The second-order valence-corrected chi connectivity index (χ2v) is 6.25. The Morgan fingerprint density at radius 1 is 1.29 bits per heavy atom. The normalized spacial score (nSPS) is 16.6. The van der Waals surface area contributed by atoms with Crippen molar-refractivity contribution >= 4 is 11.6 Å². The van der Waals surface area contributed by atoms with Crippen molar-refractivity contribution in [2.24, 2.45) is 0 Å². The van der Waals surface area contributed by atoms with Crippen molar-refractivity contribution in [2.75, 3.05) is 65.1 Å². The number of hydrogen-bond acceptors (Lipinski definition) is 4. The highest BCUT2D eigenvalue weighted by molar-refractivity contribution is 5.77. The van der Waals surface area contributed by atoms with Crippen LogP contribution in [0.5, 0.6) is 0 Å². The van der Waals surface area contributed by atoms with Gasteiger partial charge in [-0.25, -0.2) is 0 Å². The van der Waals surface area contributed by atoms with E-state index in [0.717, 1.165) is 26.3 Å². The van der Waals surface area contributed by atoms with Crippen molar-refractivity contribution in [3.05, 3.63) is 29.8 Å². The lowest BCUT2D eigenvalue weighted by Gasteiger charge is -2.32. The summed E-state index contributed by atoms with van der Waals surface area (Å²) in [6.07, 6.45) is 0. The Hall–Kier alpha value is -1.63. The number of carbonyl (C=O) groups is 1. The molecule has 1 aromatic rings. The summed E-state index contributed by atoms with van der Waals surface area (Å²) in [5.41, 5.74) is 2.42. The average molecular weight is 336 g/mol. The minimum Gasteiger partial charge on any atom is -0.378 e. The summed E-state index contributed by atoms with van der Waals surface area (Å²) < 4.78 is 10.7. The quantitative estimate of drug-likeness (QED) is 0.694. The van der Waals surface area contributed by atoms with E-state index in [4.69, 9.17) is 9.47 Å². The molecule has 1 fully saturated rings. The van der Waals surface area contributed by atoms with E-state index in [9.17, 15) is 4.79 Å². The lowest BCUT2D eigenvalue weighted by molar-refractivity contribution is -0.937. The van der Waals surface area contributed by atoms with Gasteiger partial charge in [-0.2, -0.15) is 0 Å². The van der Waals surface area contributed by atoms with E-state index in [1.807, 2.05) is 21.0 Å². The van der Waals surface area contributed by atoms with Crippen molar-refractivity contribution in [2.45, 2.75) is 13.0 Å². The number of carbonyl (C=O) groups excluding carboxylic acids is 1. The smallest absolute Gasteiger partial charge is 0.246 e. The number of morpholine rings is 1. The number of ether oxygens (including phenoxy) is 2. The van der Waals surface area contributed by atoms with Crippen LogP contribution in [-0.2, 0) is 14.3 Å². The molecule has 24 heavy (non-hydrogen) atoms. The van der Waals surface area contributed by atoms with E-state index in [-0.39, 0.29) is 18.6 Å². The number of anilines is 1. The Balaban J connectivity index is 2.05. The molecule has 0 spiro atoms. The molecule has 1 aliphatic heterocycles. The highest BCUT2D eigenvalue weighted by atomic mass is 16.5. The predicted octanol–water partition coefficient (Wildman–Crippen LogP) is -0.138. The van der Waals surface area contributed by atoms with E-state index >= 15 is 0 Å². The number of rotatable bonds is 8. The number of benzene rings is 1. The molecular weight excluding hydrogens is 306 g/mol. The molecule has 1 aliphatic rings. The third-order valence-electron chi connectivity index (χ3n) is 4.38. The zero-order chi connectivity index (χ0) is 17.4.